The predicted molar refractivity (Wildman–Crippen MR) is 63.7 cm³/mol. The van der Waals surface area contributed by atoms with E-state index in [0.29, 0.717) is 18.1 Å². The fourth-order valence-electron chi connectivity index (χ4n) is 3.11. The Hall–Kier alpha value is -0.610. The first-order chi connectivity index (χ1) is 7.40. The lowest BCUT2D eigenvalue weighted by Gasteiger charge is -2.41. The van der Waals surface area contributed by atoms with Crippen molar-refractivity contribution in [1.82, 2.24) is 4.90 Å². The fraction of sp³-hybridized carbons (Fsp3) is 0.917. The van der Waals surface area contributed by atoms with Gasteiger partial charge in [-0.25, -0.2) is 0 Å². The first-order valence-corrected chi connectivity index (χ1v) is 6.21. The molecule has 2 aliphatic heterocycles. The molecule has 0 aromatic rings. The summed E-state index contributed by atoms with van der Waals surface area (Å²) in [7, 11) is 0. The average molecular weight is 225 g/mol. The van der Waals surface area contributed by atoms with E-state index in [4.69, 9.17) is 11.5 Å². The molecular weight excluding hydrogens is 202 g/mol. The van der Waals surface area contributed by atoms with E-state index in [1.54, 1.807) is 0 Å². The van der Waals surface area contributed by atoms with Gasteiger partial charge in [-0.3, -0.25) is 9.69 Å². The number of amides is 1. The van der Waals surface area contributed by atoms with Gasteiger partial charge in [0.1, 0.15) is 0 Å². The third-order valence-electron chi connectivity index (χ3n) is 4.17. The van der Waals surface area contributed by atoms with E-state index in [-0.39, 0.29) is 5.91 Å². The van der Waals surface area contributed by atoms with E-state index in [1.807, 2.05) is 13.8 Å². The van der Waals surface area contributed by atoms with Crippen molar-refractivity contribution in [3.8, 4) is 0 Å². The Morgan fingerprint density at radius 3 is 2.25 bits per heavy atom. The fourth-order valence-corrected chi connectivity index (χ4v) is 3.11. The molecule has 16 heavy (non-hydrogen) atoms. The molecule has 4 nitrogen and oxygen atoms in total. The van der Waals surface area contributed by atoms with Gasteiger partial charge in [0.05, 0.1) is 5.41 Å². The Labute approximate surface area is 97.3 Å². The van der Waals surface area contributed by atoms with Crippen LogP contribution in [-0.4, -0.2) is 35.5 Å². The number of hydrogen-bond donors (Lipinski definition) is 2. The third kappa shape index (κ3) is 2.09. The van der Waals surface area contributed by atoms with Crippen LogP contribution >= 0.6 is 0 Å². The Morgan fingerprint density at radius 2 is 1.81 bits per heavy atom. The maximum Gasteiger partial charge on any atom is 0.224 e. The van der Waals surface area contributed by atoms with E-state index in [9.17, 15) is 4.79 Å². The smallest absolute Gasteiger partial charge is 0.224 e. The van der Waals surface area contributed by atoms with Crippen molar-refractivity contribution in [2.75, 3.05) is 6.54 Å². The maximum absolute atomic E-state index is 11.4. The highest BCUT2D eigenvalue weighted by Crippen LogP contribution is 2.37. The van der Waals surface area contributed by atoms with E-state index in [1.165, 1.54) is 12.8 Å². The molecule has 0 radical (unpaired) electrons. The molecule has 0 aromatic heterocycles. The number of nitrogens with zero attached hydrogens (tertiary/aromatic N) is 1. The number of rotatable bonds is 3. The summed E-state index contributed by atoms with van der Waals surface area (Å²) in [5.41, 5.74) is 11.0. The zero-order valence-corrected chi connectivity index (χ0v) is 10.3. The van der Waals surface area contributed by atoms with Crippen molar-refractivity contribution in [2.24, 2.45) is 16.9 Å². The normalized spacial score (nSPS) is 35.3. The first-order valence-electron chi connectivity index (χ1n) is 6.21. The molecule has 92 valence electrons. The van der Waals surface area contributed by atoms with E-state index < -0.39 is 5.41 Å². The summed E-state index contributed by atoms with van der Waals surface area (Å²) in [6.07, 6.45) is 4.61. The summed E-state index contributed by atoms with van der Waals surface area (Å²) in [6, 6.07) is 1.50. The summed E-state index contributed by atoms with van der Waals surface area (Å²) in [5, 5.41) is 0. The van der Waals surface area contributed by atoms with Gasteiger partial charge in [0.25, 0.3) is 0 Å². The summed E-state index contributed by atoms with van der Waals surface area (Å²) in [6.45, 7) is 4.65. The van der Waals surface area contributed by atoms with Gasteiger partial charge in [-0.1, -0.05) is 0 Å². The lowest BCUT2D eigenvalue weighted by Crippen LogP contribution is -2.52. The molecule has 2 atom stereocenters. The van der Waals surface area contributed by atoms with Crippen LogP contribution in [0.3, 0.4) is 0 Å². The van der Waals surface area contributed by atoms with Gasteiger partial charge in [0.15, 0.2) is 0 Å². The van der Waals surface area contributed by atoms with Gasteiger partial charge in [-0.05, 0) is 39.5 Å². The van der Waals surface area contributed by atoms with Gasteiger partial charge < -0.3 is 11.5 Å². The molecule has 2 unspecified atom stereocenters. The lowest BCUT2D eigenvalue weighted by atomic mass is 9.88. The van der Waals surface area contributed by atoms with Gasteiger partial charge in [0.2, 0.25) is 5.91 Å². The van der Waals surface area contributed by atoms with Crippen molar-refractivity contribution in [1.29, 1.82) is 0 Å². The molecule has 2 saturated heterocycles. The van der Waals surface area contributed by atoms with Gasteiger partial charge in [-0.15, -0.1) is 0 Å². The second-order valence-electron chi connectivity index (χ2n) is 6.04. The molecule has 2 fully saturated rings. The Morgan fingerprint density at radius 1 is 1.31 bits per heavy atom. The number of nitrogens with two attached hydrogens (primary N) is 2. The highest BCUT2D eigenvalue weighted by atomic mass is 16.1. The molecule has 0 saturated carbocycles. The second kappa shape index (κ2) is 4.00. The molecule has 0 aromatic carbocycles. The van der Waals surface area contributed by atoms with Crippen molar-refractivity contribution >= 4 is 5.91 Å². The number of piperidine rings is 1. The van der Waals surface area contributed by atoms with Crippen LogP contribution in [0.2, 0.25) is 0 Å². The number of primary amides is 1. The first kappa shape index (κ1) is 11.9. The summed E-state index contributed by atoms with van der Waals surface area (Å²) >= 11 is 0. The molecule has 2 bridgehead atoms. The largest absolute Gasteiger partial charge is 0.369 e. The zero-order chi connectivity index (χ0) is 11.9. The van der Waals surface area contributed by atoms with Crippen molar-refractivity contribution in [3.05, 3.63) is 0 Å². The molecule has 0 aliphatic carbocycles. The van der Waals surface area contributed by atoms with Gasteiger partial charge in [-0.2, -0.15) is 0 Å². The van der Waals surface area contributed by atoms with Gasteiger partial charge >= 0.3 is 0 Å². The molecule has 2 aliphatic rings. The maximum atomic E-state index is 11.4. The van der Waals surface area contributed by atoms with Crippen LogP contribution in [0, 0.1) is 5.41 Å². The highest BCUT2D eigenvalue weighted by Gasteiger charge is 2.42. The number of carbonyl (C=O) groups is 1. The Bertz CT molecular complexity index is 276. The minimum absolute atomic E-state index is 0.207. The average Bonchev–Trinajstić information content (AvgIpc) is 2.43. The second-order valence-corrected chi connectivity index (χ2v) is 6.04. The summed E-state index contributed by atoms with van der Waals surface area (Å²) in [5.74, 6) is -0.207. The van der Waals surface area contributed by atoms with Crippen molar-refractivity contribution in [2.45, 2.75) is 57.7 Å². The number of carbonyl (C=O) groups excluding carboxylic acids is 1. The topological polar surface area (TPSA) is 72.3 Å². The van der Waals surface area contributed by atoms with Crippen LogP contribution in [0.1, 0.15) is 39.5 Å². The lowest BCUT2D eigenvalue weighted by molar-refractivity contribution is -0.127. The minimum Gasteiger partial charge on any atom is -0.369 e. The Balaban J connectivity index is 2.04. The van der Waals surface area contributed by atoms with Crippen LogP contribution in [0.25, 0.3) is 0 Å². The molecule has 2 heterocycles. The standard InChI is InChI=1S/C12H23N3O/c1-12(2,11(14)16)7-15-9-3-4-10(15)6-8(13)5-9/h8-10H,3-7,13H2,1-2H3,(H2,14,16). The van der Waals surface area contributed by atoms with Crippen LogP contribution in [-0.2, 0) is 4.79 Å². The molecule has 2 rings (SSSR count). The monoisotopic (exact) mass is 225 g/mol. The number of hydrogen-bond acceptors (Lipinski definition) is 3. The van der Waals surface area contributed by atoms with Crippen LogP contribution < -0.4 is 11.5 Å². The minimum atomic E-state index is -0.428. The summed E-state index contributed by atoms with van der Waals surface area (Å²) in [4.78, 5) is 13.8. The molecular formula is C12H23N3O. The van der Waals surface area contributed by atoms with Crippen molar-refractivity contribution < 1.29 is 4.79 Å². The van der Waals surface area contributed by atoms with E-state index >= 15 is 0 Å². The molecule has 4 heteroatoms. The van der Waals surface area contributed by atoms with Crippen molar-refractivity contribution in [3.63, 3.8) is 0 Å². The van der Waals surface area contributed by atoms with Gasteiger partial charge in [0, 0.05) is 24.7 Å². The molecule has 4 N–H and O–H groups in total. The summed E-state index contributed by atoms with van der Waals surface area (Å²) < 4.78 is 0. The highest BCUT2D eigenvalue weighted by molar-refractivity contribution is 5.80. The number of fused-ring (bicyclic) bond motifs is 2. The third-order valence-corrected chi connectivity index (χ3v) is 4.17. The molecule has 0 spiro atoms. The molecule has 1 amide bonds. The van der Waals surface area contributed by atoms with E-state index in [0.717, 1.165) is 19.4 Å². The van der Waals surface area contributed by atoms with Crippen LogP contribution in [0.5, 0.6) is 0 Å². The SMILES string of the molecule is CC(C)(CN1C2CCC1CC(N)C2)C(N)=O. The Kier molecular flexibility index (Phi) is 2.97. The quantitative estimate of drug-likeness (QED) is 0.732. The van der Waals surface area contributed by atoms with Crippen LogP contribution in [0.15, 0.2) is 0 Å². The zero-order valence-electron chi connectivity index (χ0n) is 10.3. The van der Waals surface area contributed by atoms with E-state index in [2.05, 4.69) is 4.90 Å². The predicted octanol–water partition coefficient (Wildman–Crippen LogP) is 0.452. The van der Waals surface area contributed by atoms with Crippen LogP contribution in [0.4, 0.5) is 0 Å².